The van der Waals surface area contributed by atoms with Crippen LogP contribution in [0, 0.1) is 5.92 Å². The van der Waals surface area contributed by atoms with Gasteiger partial charge in [-0.15, -0.1) is 0 Å². The van der Waals surface area contributed by atoms with Crippen molar-refractivity contribution in [2.24, 2.45) is 5.92 Å². The largest absolute Gasteiger partial charge is 0.493 e. The van der Waals surface area contributed by atoms with Crippen LogP contribution in [0.5, 0.6) is 17.2 Å². The van der Waals surface area contributed by atoms with Crippen molar-refractivity contribution >= 4 is 28.4 Å². The molecule has 0 aliphatic heterocycles. The van der Waals surface area contributed by atoms with Crippen LogP contribution in [0.1, 0.15) is 50.8 Å². The van der Waals surface area contributed by atoms with Crippen LogP contribution in [0.2, 0.25) is 0 Å². The van der Waals surface area contributed by atoms with Crippen LogP contribution < -0.4 is 41.1 Å². The fraction of sp³-hybridized carbons (Fsp3) is 0.378. The second-order valence-electron chi connectivity index (χ2n) is 12.2. The summed E-state index contributed by atoms with van der Waals surface area (Å²) >= 11 is 0. The van der Waals surface area contributed by atoms with Gasteiger partial charge in [-0.1, -0.05) is 38.5 Å². The number of hydrogen-bond acceptors (Lipinski definition) is 9. The molecule has 2 amide bonds. The number of nitrogens with zero attached hydrogens (tertiary/aromatic N) is 2. The highest BCUT2D eigenvalue weighted by atomic mass is 16.5. The zero-order valence-electron chi connectivity index (χ0n) is 28.7. The molecule has 1 aliphatic carbocycles. The Morgan fingerprint density at radius 2 is 1.78 bits per heavy atom. The summed E-state index contributed by atoms with van der Waals surface area (Å²) in [6.07, 6.45) is 3.25. The predicted octanol–water partition coefficient (Wildman–Crippen LogP) is 4.22. The lowest BCUT2D eigenvalue weighted by Gasteiger charge is -2.24. The maximum atomic E-state index is 13.9. The molecule has 49 heavy (non-hydrogen) atoms. The third-order valence-corrected chi connectivity index (χ3v) is 9.11. The number of ether oxygens (including phenoxy) is 3. The minimum absolute atomic E-state index is 0.141. The predicted molar refractivity (Wildman–Crippen MR) is 189 cm³/mol. The van der Waals surface area contributed by atoms with Gasteiger partial charge in [-0.3, -0.25) is 23.7 Å². The number of carbonyl (C=O) groups excluding carboxylic acids is 2. The fourth-order valence-corrected chi connectivity index (χ4v) is 6.37. The topological polar surface area (TPSA) is 150 Å². The van der Waals surface area contributed by atoms with Gasteiger partial charge in [-0.25, -0.2) is 4.98 Å². The highest BCUT2D eigenvalue weighted by Gasteiger charge is 2.30. The van der Waals surface area contributed by atoms with E-state index in [9.17, 15) is 19.2 Å². The van der Waals surface area contributed by atoms with Crippen LogP contribution in [0.4, 0.5) is 5.69 Å². The Bertz CT molecular complexity index is 1990. The van der Waals surface area contributed by atoms with E-state index < -0.39 is 12.1 Å². The SMILES string of the molecule is CC[C@@H](C)[C@H](Nc1ccc2c(cc1=O)[C@@H](NC(C)=O)CCc1cc(OC)c(OC)c(OC)c1-2)C(=O)NCCn1cnc2ccccc2c1=O. The molecule has 12 nitrogen and oxygen atoms in total. The van der Waals surface area contributed by atoms with E-state index in [1.165, 1.54) is 31.0 Å². The molecule has 0 unspecified atom stereocenters. The maximum Gasteiger partial charge on any atom is 0.261 e. The van der Waals surface area contributed by atoms with Crippen molar-refractivity contribution < 1.29 is 23.8 Å². The molecule has 3 atom stereocenters. The number of benzene rings is 2. The molecular formula is C37H43N5O7. The molecule has 3 aromatic carbocycles. The second-order valence-corrected chi connectivity index (χ2v) is 12.2. The smallest absolute Gasteiger partial charge is 0.261 e. The molecule has 3 N–H and O–H groups in total. The molecule has 1 aliphatic rings. The molecular weight excluding hydrogens is 626 g/mol. The van der Waals surface area contributed by atoms with Crippen molar-refractivity contribution in [1.29, 1.82) is 0 Å². The van der Waals surface area contributed by atoms with Crippen molar-refractivity contribution in [1.82, 2.24) is 20.2 Å². The summed E-state index contributed by atoms with van der Waals surface area (Å²) in [4.78, 5) is 57.1. The zero-order chi connectivity index (χ0) is 35.2. The molecule has 12 heteroatoms. The lowest BCUT2D eigenvalue weighted by molar-refractivity contribution is -0.123. The first-order chi connectivity index (χ1) is 23.6. The van der Waals surface area contributed by atoms with Gasteiger partial charge in [-0.05, 0) is 65.8 Å². The normalized spacial score (nSPS) is 14.8. The maximum absolute atomic E-state index is 13.9. The molecule has 0 saturated carbocycles. The Morgan fingerprint density at radius 1 is 1.02 bits per heavy atom. The first kappa shape index (κ1) is 34.9. The molecule has 0 fully saturated rings. The number of hydrogen-bond donors (Lipinski definition) is 3. The third kappa shape index (κ3) is 7.23. The lowest BCUT2D eigenvalue weighted by Crippen LogP contribution is -2.45. The van der Waals surface area contributed by atoms with Gasteiger partial charge in [0.05, 0.1) is 50.3 Å². The average molecular weight is 670 g/mol. The van der Waals surface area contributed by atoms with E-state index in [1.54, 1.807) is 38.5 Å². The van der Waals surface area contributed by atoms with Gasteiger partial charge in [0.15, 0.2) is 11.5 Å². The van der Waals surface area contributed by atoms with Gasteiger partial charge in [-0.2, -0.15) is 0 Å². The van der Waals surface area contributed by atoms with Crippen molar-refractivity contribution in [3.8, 4) is 28.4 Å². The van der Waals surface area contributed by atoms with Crippen molar-refractivity contribution in [2.45, 2.75) is 58.7 Å². The molecule has 1 aromatic heterocycles. The summed E-state index contributed by atoms with van der Waals surface area (Å²) in [5, 5.41) is 9.67. The van der Waals surface area contributed by atoms with Crippen LogP contribution >= 0.6 is 0 Å². The van der Waals surface area contributed by atoms with Gasteiger partial charge in [0, 0.05) is 25.6 Å². The second kappa shape index (κ2) is 15.2. The van der Waals surface area contributed by atoms with E-state index in [4.69, 9.17) is 14.2 Å². The number of nitrogens with one attached hydrogen (secondary N) is 3. The van der Waals surface area contributed by atoms with Gasteiger partial charge in [0.2, 0.25) is 23.0 Å². The van der Waals surface area contributed by atoms with Gasteiger partial charge < -0.3 is 30.2 Å². The van der Waals surface area contributed by atoms with Crippen LogP contribution in [-0.4, -0.2) is 55.3 Å². The molecule has 1 heterocycles. The van der Waals surface area contributed by atoms with E-state index in [0.29, 0.717) is 58.5 Å². The first-order valence-electron chi connectivity index (χ1n) is 16.4. The molecule has 0 bridgehead atoms. The molecule has 4 aromatic rings. The zero-order valence-corrected chi connectivity index (χ0v) is 28.7. The number of aromatic nitrogens is 2. The summed E-state index contributed by atoms with van der Waals surface area (Å²) in [7, 11) is 4.63. The Labute approximate surface area is 284 Å². The summed E-state index contributed by atoms with van der Waals surface area (Å²) < 4.78 is 18.6. The lowest BCUT2D eigenvalue weighted by atomic mass is 9.95. The molecule has 0 saturated heterocycles. The highest BCUT2D eigenvalue weighted by molar-refractivity contribution is 5.86. The summed E-state index contributed by atoms with van der Waals surface area (Å²) in [5.74, 6) is 0.703. The molecule has 0 spiro atoms. The molecule has 258 valence electrons. The monoisotopic (exact) mass is 669 g/mol. The summed E-state index contributed by atoms with van der Waals surface area (Å²) in [6.45, 7) is 5.77. The Hall–Kier alpha value is -5.39. The summed E-state index contributed by atoms with van der Waals surface area (Å²) in [6, 6.07) is 12.8. The van der Waals surface area contributed by atoms with Crippen LogP contribution in [0.15, 0.2) is 64.4 Å². The van der Waals surface area contributed by atoms with E-state index >= 15 is 0 Å². The quantitative estimate of drug-likeness (QED) is 0.202. The van der Waals surface area contributed by atoms with Crippen molar-refractivity contribution in [3.63, 3.8) is 0 Å². The minimum atomic E-state index is -0.747. The van der Waals surface area contributed by atoms with Crippen LogP contribution in [0.25, 0.3) is 22.0 Å². The number of para-hydroxylation sites is 1. The molecule has 5 rings (SSSR count). The number of anilines is 1. The fourth-order valence-electron chi connectivity index (χ4n) is 6.37. The number of rotatable bonds is 12. The van der Waals surface area contributed by atoms with Crippen LogP contribution in [-0.2, 0) is 22.6 Å². The number of aryl methyl sites for hydroxylation is 1. The van der Waals surface area contributed by atoms with Crippen molar-refractivity contribution in [3.05, 3.63) is 86.6 Å². The minimum Gasteiger partial charge on any atom is -0.493 e. The van der Waals surface area contributed by atoms with Gasteiger partial charge in [0.25, 0.3) is 5.56 Å². The third-order valence-electron chi connectivity index (χ3n) is 9.11. The highest BCUT2D eigenvalue weighted by Crippen LogP contribution is 2.50. The van der Waals surface area contributed by atoms with E-state index in [-0.39, 0.29) is 47.5 Å². The van der Waals surface area contributed by atoms with E-state index in [2.05, 4.69) is 20.9 Å². The first-order valence-corrected chi connectivity index (χ1v) is 16.4. The number of carbonyl (C=O) groups is 2. The van der Waals surface area contributed by atoms with E-state index in [1.807, 2.05) is 32.0 Å². The Morgan fingerprint density at radius 3 is 2.47 bits per heavy atom. The average Bonchev–Trinajstić information content (AvgIpc) is 3.34. The molecule has 0 radical (unpaired) electrons. The Balaban J connectivity index is 1.49. The van der Waals surface area contributed by atoms with Gasteiger partial charge >= 0.3 is 0 Å². The van der Waals surface area contributed by atoms with Crippen LogP contribution in [0.3, 0.4) is 0 Å². The number of fused-ring (bicyclic) bond motifs is 4. The van der Waals surface area contributed by atoms with Crippen molar-refractivity contribution in [2.75, 3.05) is 33.2 Å². The van der Waals surface area contributed by atoms with E-state index in [0.717, 1.165) is 11.1 Å². The van der Waals surface area contributed by atoms with Gasteiger partial charge in [0.1, 0.15) is 6.04 Å². The Kier molecular flexibility index (Phi) is 10.9. The standard InChI is InChI=1S/C37H43N5O7/c1-7-21(2)33(36(45)38-16-17-42-20-39-27-11-9-8-10-25(27)37(42)46)41-29-15-13-24-26(19-30(29)44)28(40-22(3)43)14-12-23-18-31(47-4)34(48-5)35(49-6)32(23)24/h8-11,13,15,18-21,28,33H,7,12,14,16-17H2,1-6H3,(H,38,45)(H,40,43)(H,41,44)/t21-,28+,33+/m1/s1. The number of methoxy groups -OCH3 is 3. The summed E-state index contributed by atoms with van der Waals surface area (Å²) in [5.41, 5.74) is 3.27. The number of amides is 2.